The fourth-order valence-corrected chi connectivity index (χ4v) is 3.08. The van der Waals surface area contributed by atoms with Crippen LogP contribution in [0.3, 0.4) is 0 Å². The van der Waals surface area contributed by atoms with E-state index in [1.165, 1.54) is 11.8 Å². The van der Waals surface area contributed by atoms with Crippen LogP contribution in [-0.4, -0.2) is 21.8 Å². The van der Waals surface area contributed by atoms with Crippen LogP contribution in [0.4, 0.5) is 0 Å². The third-order valence-electron chi connectivity index (χ3n) is 3.68. The highest BCUT2D eigenvalue weighted by Gasteiger charge is 2.11. The highest BCUT2D eigenvalue weighted by molar-refractivity contribution is 7.99. The molecule has 7 heteroatoms. The summed E-state index contributed by atoms with van der Waals surface area (Å²) in [5.41, 5.74) is 3.12. The Morgan fingerprint density at radius 3 is 2.73 bits per heavy atom. The van der Waals surface area contributed by atoms with E-state index in [4.69, 9.17) is 8.94 Å². The van der Waals surface area contributed by atoms with Gasteiger partial charge in [-0.15, -0.1) is 0 Å². The first kappa shape index (κ1) is 16.4. The lowest BCUT2D eigenvalue weighted by Gasteiger charge is -2.00. The topological polar surface area (TPSA) is 81.2 Å². The Bertz CT molecular complexity index is 994. The van der Waals surface area contributed by atoms with Gasteiger partial charge < -0.3 is 14.3 Å². The van der Waals surface area contributed by atoms with Gasteiger partial charge in [-0.2, -0.15) is 0 Å². The summed E-state index contributed by atoms with van der Waals surface area (Å²) < 4.78 is 10.9. The number of oxazole rings is 1. The van der Waals surface area contributed by atoms with Crippen molar-refractivity contribution in [1.29, 1.82) is 0 Å². The second kappa shape index (κ2) is 7.45. The van der Waals surface area contributed by atoms with Crippen molar-refractivity contribution in [2.75, 3.05) is 5.75 Å². The first-order valence-corrected chi connectivity index (χ1v) is 9.02. The van der Waals surface area contributed by atoms with Gasteiger partial charge in [0.1, 0.15) is 11.2 Å². The quantitative estimate of drug-likeness (QED) is 0.522. The van der Waals surface area contributed by atoms with Crippen LogP contribution in [0.1, 0.15) is 5.69 Å². The predicted octanol–water partition coefficient (Wildman–Crippen LogP) is 3.89. The molecule has 0 atom stereocenters. The van der Waals surface area contributed by atoms with Crippen molar-refractivity contribution in [3.63, 3.8) is 0 Å². The van der Waals surface area contributed by atoms with Crippen LogP contribution in [0.5, 0.6) is 0 Å². The summed E-state index contributed by atoms with van der Waals surface area (Å²) in [6.07, 6.45) is 0. The maximum atomic E-state index is 12.0. The predicted molar refractivity (Wildman–Crippen MR) is 98.5 cm³/mol. The fraction of sp³-hybridized carbons (Fsp3) is 0.105. The van der Waals surface area contributed by atoms with E-state index >= 15 is 0 Å². The highest BCUT2D eigenvalue weighted by atomic mass is 32.2. The first-order chi connectivity index (χ1) is 12.8. The molecule has 0 radical (unpaired) electrons. The number of hydrogen-bond acceptors (Lipinski definition) is 6. The van der Waals surface area contributed by atoms with Crippen molar-refractivity contribution in [1.82, 2.24) is 15.5 Å². The lowest BCUT2D eigenvalue weighted by atomic mass is 10.2. The largest absolute Gasteiger partial charge is 0.431 e. The van der Waals surface area contributed by atoms with Crippen molar-refractivity contribution in [3.8, 4) is 11.3 Å². The van der Waals surface area contributed by atoms with E-state index in [2.05, 4.69) is 15.5 Å². The zero-order valence-electron chi connectivity index (χ0n) is 13.7. The third kappa shape index (κ3) is 3.78. The Kier molecular flexibility index (Phi) is 4.70. The zero-order chi connectivity index (χ0) is 17.8. The van der Waals surface area contributed by atoms with Gasteiger partial charge in [0.05, 0.1) is 12.3 Å². The SMILES string of the molecule is O=C(CSc1nc2ccccc2o1)NCc1cc(-c2ccccc2)on1. The van der Waals surface area contributed by atoms with Crippen LogP contribution in [0.15, 0.2) is 74.8 Å². The molecule has 6 nitrogen and oxygen atoms in total. The van der Waals surface area contributed by atoms with Crippen LogP contribution in [0, 0.1) is 0 Å². The zero-order valence-corrected chi connectivity index (χ0v) is 14.5. The van der Waals surface area contributed by atoms with Crippen molar-refractivity contribution in [2.24, 2.45) is 0 Å². The number of carbonyl (C=O) groups excluding carboxylic acids is 1. The van der Waals surface area contributed by atoms with Crippen LogP contribution in [-0.2, 0) is 11.3 Å². The van der Waals surface area contributed by atoms with Gasteiger partial charge in [-0.05, 0) is 12.1 Å². The van der Waals surface area contributed by atoms with Gasteiger partial charge in [0, 0.05) is 11.6 Å². The second-order valence-electron chi connectivity index (χ2n) is 5.56. The number of rotatable bonds is 6. The molecule has 0 unspecified atom stereocenters. The third-order valence-corrected chi connectivity index (χ3v) is 4.51. The van der Waals surface area contributed by atoms with E-state index in [-0.39, 0.29) is 11.7 Å². The Hall–Kier alpha value is -3.06. The number of aromatic nitrogens is 2. The van der Waals surface area contributed by atoms with E-state index in [1.807, 2.05) is 60.7 Å². The smallest absolute Gasteiger partial charge is 0.257 e. The highest BCUT2D eigenvalue weighted by Crippen LogP contribution is 2.23. The van der Waals surface area contributed by atoms with Crippen molar-refractivity contribution in [3.05, 3.63) is 66.4 Å². The maximum absolute atomic E-state index is 12.0. The summed E-state index contributed by atoms with van der Waals surface area (Å²) in [7, 11) is 0. The molecule has 2 heterocycles. The molecule has 0 spiro atoms. The molecule has 0 aliphatic rings. The molecule has 2 aromatic heterocycles. The number of carbonyl (C=O) groups is 1. The molecule has 0 aliphatic heterocycles. The molecule has 26 heavy (non-hydrogen) atoms. The lowest BCUT2D eigenvalue weighted by molar-refractivity contribution is -0.118. The molecule has 130 valence electrons. The Morgan fingerprint density at radius 2 is 1.88 bits per heavy atom. The molecular formula is C19H15N3O3S. The monoisotopic (exact) mass is 365 g/mol. The van der Waals surface area contributed by atoms with Gasteiger partial charge in [0.2, 0.25) is 5.91 Å². The second-order valence-corrected chi connectivity index (χ2v) is 6.49. The summed E-state index contributed by atoms with van der Waals surface area (Å²) in [5.74, 6) is 0.771. The normalized spacial score (nSPS) is 10.9. The Labute approximate surface area is 153 Å². The summed E-state index contributed by atoms with van der Waals surface area (Å²) in [6, 6.07) is 19.0. The molecular weight excluding hydrogens is 350 g/mol. The van der Waals surface area contributed by atoms with Crippen molar-refractivity contribution < 1.29 is 13.7 Å². The average Bonchev–Trinajstić information content (AvgIpc) is 3.32. The number of nitrogens with zero attached hydrogens (tertiary/aromatic N) is 2. The van der Waals surface area contributed by atoms with Crippen LogP contribution < -0.4 is 5.32 Å². The fourth-order valence-electron chi connectivity index (χ4n) is 2.41. The average molecular weight is 365 g/mol. The molecule has 0 aliphatic carbocycles. The minimum atomic E-state index is -0.124. The van der Waals surface area contributed by atoms with Gasteiger partial charge in [0.25, 0.3) is 5.22 Å². The Balaban J connectivity index is 1.29. The standard InChI is InChI=1S/C19H15N3O3S/c23-18(12-26-19-21-15-8-4-5-9-16(15)24-19)20-11-14-10-17(25-22-14)13-6-2-1-3-7-13/h1-10H,11-12H2,(H,20,23). The molecule has 0 bridgehead atoms. The molecule has 2 aromatic carbocycles. The maximum Gasteiger partial charge on any atom is 0.257 e. The molecule has 0 fully saturated rings. The number of amides is 1. The molecule has 1 amide bonds. The summed E-state index contributed by atoms with van der Waals surface area (Å²) in [5, 5.41) is 7.28. The number of thioether (sulfide) groups is 1. The summed E-state index contributed by atoms with van der Waals surface area (Å²) in [6.45, 7) is 0.309. The van der Waals surface area contributed by atoms with Crippen molar-refractivity contribution in [2.45, 2.75) is 11.8 Å². The number of benzene rings is 2. The van der Waals surface area contributed by atoms with Gasteiger partial charge >= 0.3 is 0 Å². The molecule has 0 saturated carbocycles. The minimum absolute atomic E-state index is 0.124. The van der Waals surface area contributed by atoms with Crippen molar-refractivity contribution >= 4 is 28.8 Å². The van der Waals surface area contributed by atoms with Gasteiger partial charge in [0.15, 0.2) is 11.3 Å². The Morgan fingerprint density at radius 1 is 1.08 bits per heavy atom. The summed E-state index contributed by atoms with van der Waals surface area (Å²) in [4.78, 5) is 16.4. The van der Waals surface area contributed by atoms with Crippen LogP contribution >= 0.6 is 11.8 Å². The molecule has 0 saturated heterocycles. The van der Waals surface area contributed by atoms with Gasteiger partial charge in [-0.25, -0.2) is 4.98 Å². The summed E-state index contributed by atoms with van der Waals surface area (Å²) >= 11 is 1.26. The first-order valence-electron chi connectivity index (χ1n) is 8.04. The van der Waals surface area contributed by atoms with Gasteiger partial charge in [-0.3, -0.25) is 4.79 Å². The minimum Gasteiger partial charge on any atom is -0.431 e. The van der Waals surface area contributed by atoms with E-state index in [9.17, 15) is 4.79 Å². The molecule has 1 N–H and O–H groups in total. The van der Waals surface area contributed by atoms with Crippen LogP contribution in [0.25, 0.3) is 22.4 Å². The lowest BCUT2D eigenvalue weighted by Crippen LogP contribution is -2.24. The van der Waals surface area contributed by atoms with E-state index in [0.29, 0.717) is 28.8 Å². The van der Waals surface area contributed by atoms with Crippen LogP contribution in [0.2, 0.25) is 0 Å². The van der Waals surface area contributed by atoms with E-state index in [1.54, 1.807) is 0 Å². The number of nitrogens with one attached hydrogen (secondary N) is 1. The molecule has 4 rings (SSSR count). The van der Waals surface area contributed by atoms with E-state index in [0.717, 1.165) is 11.1 Å². The van der Waals surface area contributed by atoms with E-state index < -0.39 is 0 Å². The number of para-hydroxylation sites is 2. The molecule has 4 aromatic rings. The van der Waals surface area contributed by atoms with Gasteiger partial charge in [-0.1, -0.05) is 59.4 Å². The number of hydrogen-bond donors (Lipinski definition) is 1. The number of fused-ring (bicyclic) bond motifs is 1.